The van der Waals surface area contributed by atoms with Crippen molar-refractivity contribution in [1.29, 1.82) is 0 Å². The summed E-state index contributed by atoms with van der Waals surface area (Å²) in [6.45, 7) is 0.983. The fourth-order valence-electron chi connectivity index (χ4n) is 3.87. The summed E-state index contributed by atoms with van der Waals surface area (Å²) < 4.78 is 5.29. The minimum absolute atomic E-state index is 0.0887. The number of furan rings is 1. The van der Waals surface area contributed by atoms with Crippen LogP contribution in [-0.2, 0) is 29.0 Å². The van der Waals surface area contributed by atoms with Gasteiger partial charge in [-0.2, -0.15) is 0 Å². The zero-order valence-corrected chi connectivity index (χ0v) is 14.4. The van der Waals surface area contributed by atoms with Crippen molar-refractivity contribution in [3.05, 3.63) is 53.5 Å². The topological polar surface area (TPSA) is 53.8 Å². The lowest BCUT2D eigenvalue weighted by Gasteiger charge is -2.21. The van der Waals surface area contributed by atoms with E-state index in [-0.39, 0.29) is 11.8 Å². The van der Waals surface area contributed by atoms with Crippen LogP contribution in [0.4, 0.5) is 5.69 Å². The van der Waals surface area contributed by atoms with Gasteiger partial charge in [-0.25, -0.2) is 0 Å². The van der Waals surface area contributed by atoms with Crippen LogP contribution in [0.15, 0.2) is 41.0 Å². The van der Waals surface area contributed by atoms with Crippen molar-refractivity contribution in [3.8, 4) is 0 Å². The first-order chi connectivity index (χ1) is 12.1. The van der Waals surface area contributed by atoms with Gasteiger partial charge in [0.15, 0.2) is 0 Å². The van der Waals surface area contributed by atoms with E-state index in [0.717, 1.165) is 24.3 Å². The number of aryl methyl sites for hydroxylation is 2. The van der Waals surface area contributed by atoms with E-state index in [1.54, 1.807) is 29.2 Å². The van der Waals surface area contributed by atoms with Crippen LogP contribution in [0.5, 0.6) is 0 Å². The summed E-state index contributed by atoms with van der Waals surface area (Å²) in [6, 6.07) is 9.89. The third kappa shape index (κ3) is 2.95. The molecule has 1 atom stereocenters. The van der Waals surface area contributed by atoms with Crippen molar-refractivity contribution >= 4 is 17.5 Å². The number of hydrogen-bond acceptors (Lipinski definition) is 3. The monoisotopic (exact) mass is 338 g/mol. The van der Waals surface area contributed by atoms with Gasteiger partial charge in [0.25, 0.3) is 0 Å². The first-order valence-electron chi connectivity index (χ1n) is 8.84. The number of benzene rings is 1. The minimum atomic E-state index is -0.590. The molecular weight excluding hydrogens is 316 g/mol. The molecule has 1 saturated heterocycles. The van der Waals surface area contributed by atoms with Crippen molar-refractivity contribution in [2.45, 2.75) is 32.2 Å². The first-order valence-corrected chi connectivity index (χ1v) is 8.84. The quantitative estimate of drug-likeness (QED) is 0.806. The smallest absolute Gasteiger partial charge is 0.239 e. The van der Waals surface area contributed by atoms with E-state index >= 15 is 0 Å². The second-order valence-electron chi connectivity index (χ2n) is 6.91. The number of hydrogen-bond donors (Lipinski definition) is 0. The van der Waals surface area contributed by atoms with E-state index in [2.05, 4.69) is 12.1 Å². The number of nitrogens with zero attached hydrogens (tertiary/aromatic N) is 2. The van der Waals surface area contributed by atoms with Gasteiger partial charge in [0.2, 0.25) is 11.8 Å². The number of carbonyl (C=O) groups is 2. The van der Waals surface area contributed by atoms with Crippen molar-refractivity contribution in [1.82, 2.24) is 4.90 Å². The molecular formula is C20H22N2O3. The zero-order valence-electron chi connectivity index (χ0n) is 14.4. The molecule has 2 heterocycles. The average molecular weight is 338 g/mol. The molecule has 2 aromatic rings. The van der Waals surface area contributed by atoms with Crippen molar-refractivity contribution in [2.24, 2.45) is 5.92 Å². The van der Waals surface area contributed by atoms with Gasteiger partial charge in [-0.3, -0.25) is 9.59 Å². The molecule has 4 rings (SSSR count). The molecule has 1 aromatic carbocycles. The van der Waals surface area contributed by atoms with E-state index in [9.17, 15) is 9.59 Å². The highest BCUT2D eigenvalue weighted by molar-refractivity contribution is 6.09. The van der Waals surface area contributed by atoms with Gasteiger partial charge >= 0.3 is 0 Å². The summed E-state index contributed by atoms with van der Waals surface area (Å²) in [6.07, 6.45) is 5.55. The van der Waals surface area contributed by atoms with Gasteiger partial charge in [0.05, 0.1) is 12.8 Å². The Morgan fingerprint density at radius 2 is 2.12 bits per heavy atom. The van der Waals surface area contributed by atoms with Crippen molar-refractivity contribution in [3.63, 3.8) is 0 Å². The first kappa shape index (κ1) is 15.9. The van der Waals surface area contributed by atoms with Gasteiger partial charge in [-0.05, 0) is 61.1 Å². The summed E-state index contributed by atoms with van der Waals surface area (Å²) in [7, 11) is 1.72. The highest BCUT2D eigenvalue weighted by Gasteiger charge is 2.39. The molecule has 5 nitrogen and oxygen atoms in total. The molecule has 2 aliphatic rings. The molecule has 5 heteroatoms. The Labute approximate surface area is 147 Å². The second kappa shape index (κ2) is 6.39. The Kier molecular flexibility index (Phi) is 4.07. The van der Waals surface area contributed by atoms with Crippen LogP contribution < -0.4 is 4.90 Å². The maximum absolute atomic E-state index is 12.8. The van der Waals surface area contributed by atoms with E-state index in [1.165, 1.54) is 17.5 Å². The third-order valence-electron chi connectivity index (χ3n) is 5.25. The molecule has 1 aromatic heterocycles. The third-order valence-corrected chi connectivity index (χ3v) is 5.25. The summed E-state index contributed by atoms with van der Waals surface area (Å²) >= 11 is 0. The maximum atomic E-state index is 12.8. The Bertz CT molecular complexity index is 797. The Morgan fingerprint density at radius 1 is 1.28 bits per heavy atom. The van der Waals surface area contributed by atoms with Crippen LogP contribution in [0.3, 0.4) is 0 Å². The lowest BCUT2D eigenvalue weighted by atomic mass is 10.1. The molecule has 1 aliphatic carbocycles. The predicted molar refractivity (Wildman–Crippen MR) is 94.1 cm³/mol. The summed E-state index contributed by atoms with van der Waals surface area (Å²) in [5.74, 6) is -0.0932. The Hall–Kier alpha value is -2.56. The van der Waals surface area contributed by atoms with Crippen LogP contribution >= 0.6 is 0 Å². The summed E-state index contributed by atoms with van der Waals surface area (Å²) in [5.41, 5.74) is 3.66. The highest BCUT2D eigenvalue weighted by atomic mass is 16.3. The van der Waals surface area contributed by atoms with Crippen LogP contribution in [0.1, 0.15) is 29.7 Å². The van der Waals surface area contributed by atoms with Gasteiger partial charge in [0, 0.05) is 19.3 Å². The normalized spacial score (nSPS) is 19.3. The molecule has 0 N–H and O–H groups in total. The molecule has 0 saturated carbocycles. The second-order valence-corrected chi connectivity index (χ2v) is 6.91. The van der Waals surface area contributed by atoms with Gasteiger partial charge < -0.3 is 14.2 Å². The number of rotatable bonds is 4. The van der Waals surface area contributed by atoms with E-state index in [1.807, 2.05) is 12.1 Å². The van der Waals surface area contributed by atoms with Gasteiger partial charge in [0.1, 0.15) is 11.7 Å². The summed E-state index contributed by atoms with van der Waals surface area (Å²) in [5, 5.41) is 0. The largest absolute Gasteiger partial charge is 0.467 e. The highest BCUT2D eigenvalue weighted by Crippen LogP contribution is 2.31. The molecule has 0 spiro atoms. The summed E-state index contributed by atoms with van der Waals surface area (Å²) in [4.78, 5) is 28.8. The molecule has 130 valence electrons. The van der Waals surface area contributed by atoms with E-state index in [0.29, 0.717) is 19.5 Å². The number of carbonyl (C=O) groups excluding carboxylic acids is 2. The van der Waals surface area contributed by atoms with Crippen LogP contribution in [0, 0.1) is 5.92 Å². The van der Waals surface area contributed by atoms with Crippen molar-refractivity contribution in [2.75, 3.05) is 18.5 Å². The molecule has 1 fully saturated rings. The molecule has 0 radical (unpaired) electrons. The van der Waals surface area contributed by atoms with Crippen molar-refractivity contribution < 1.29 is 14.0 Å². The van der Waals surface area contributed by atoms with E-state index in [4.69, 9.17) is 4.42 Å². The standard InChI is InChI=1S/C20H22N2O3/c1-21(13-17-6-3-11-25-17)19(23)18-9-10-22(20(18)24)16-8-7-14-4-2-5-15(14)12-16/h3,6-8,11-12,18H,2,4-5,9-10,13H2,1H3. The van der Waals surface area contributed by atoms with Crippen LogP contribution in [0.2, 0.25) is 0 Å². The molecule has 25 heavy (non-hydrogen) atoms. The average Bonchev–Trinajstić information content (AvgIpc) is 3.34. The van der Waals surface area contributed by atoms with Gasteiger partial charge in [-0.1, -0.05) is 6.07 Å². The zero-order chi connectivity index (χ0) is 17.4. The molecule has 2 amide bonds. The lowest BCUT2D eigenvalue weighted by molar-refractivity contribution is -0.139. The maximum Gasteiger partial charge on any atom is 0.239 e. The molecule has 0 bridgehead atoms. The minimum Gasteiger partial charge on any atom is -0.467 e. The Morgan fingerprint density at radius 3 is 2.92 bits per heavy atom. The number of amides is 2. The fourth-order valence-corrected chi connectivity index (χ4v) is 3.87. The van der Waals surface area contributed by atoms with E-state index < -0.39 is 5.92 Å². The SMILES string of the molecule is CN(Cc1ccco1)C(=O)C1CCN(c2ccc3c(c2)CCC3)C1=O. The molecule has 1 unspecified atom stereocenters. The lowest BCUT2D eigenvalue weighted by Crippen LogP contribution is -2.37. The Balaban J connectivity index is 1.46. The molecule has 1 aliphatic heterocycles. The van der Waals surface area contributed by atoms with Crippen LogP contribution in [-0.4, -0.2) is 30.3 Å². The number of fused-ring (bicyclic) bond motifs is 1. The predicted octanol–water partition coefficient (Wildman–Crippen LogP) is 2.78. The van der Waals surface area contributed by atoms with Gasteiger partial charge in [-0.15, -0.1) is 0 Å². The van der Waals surface area contributed by atoms with Crippen LogP contribution in [0.25, 0.3) is 0 Å². The fraction of sp³-hybridized carbons (Fsp3) is 0.400. The number of anilines is 1.